The Labute approximate surface area is 226 Å². The minimum absolute atomic E-state index is 0.0867. The fraction of sp³-hybridized carbons (Fsp3) is 0.517. The number of nitrogens with one attached hydrogen (secondary N) is 1. The number of rotatable bonds is 11. The van der Waals surface area contributed by atoms with Crippen LogP contribution in [0.3, 0.4) is 0 Å². The average molecular weight is 528 g/mol. The van der Waals surface area contributed by atoms with Crippen molar-refractivity contribution in [3.8, 4) is 17.2 Å². The summed E-state index contributed by atoms with van der Waals surface area (Å²) >= 11 is 0. The Balaban J connectivity index is 1.72. The van der Waals surface area contributed by atoms with E-state index in [1.54, 1.807) is 36.2 Å². The van der Waals surface area contributed by atoms with Gasteiger partial charge in [0.25, 0.3) is 0 Å². The van der Waals surface area contributed by atoms with Gasteiger partial charge in [0.1, 0.15) is 11.4 Å². The van der Waals surface area contributed by atoms with Gasteiger partial charge in [-0.1, -0.05) is 25.8 Å². The molecule has 0 aromatic heterocycles. The average Bonchev–Trinajstić information content (AvgIpc) is 2.87. The summed E-state index contributed by atoms with van der Waals surface area (Å²) in [6, 6.07) is 10.9. The van der Waals surface area contributed by atoms with Crippen molar-refractivity contribution in [1.29, 1.82) is 0 Å². The second kappa shape index (κ2) is 13.3. The molecule has 2 aromatic rings. The summed E-state index contributed by atoms with van der Waals surface area (Å²) in [6.07, 6.45) is 3.47. The Morgan fingerprint density at radius 3 is 2.42 bits per heavy atom. The summed E-state index contributed by atoms with van der Waals surface area (Å²) < 4.78 is 22.4. The Morgan fingerprint density at radius 1 is 0.974 bits per heavy atom. The van der Waals surface area contributed by atoms with Crippen LogP contribution in [0.1, 0.15) is 58.9 Å². The fourth-order valence-electron chi connectivity index (χ4n) is 4.23. The van der Waals surface area contributed by atoms with Crippen molar-refractivity contribution in [1.82, 2.24) is 4.90 Å². The molecule has 0 radical (unpaired) electrons. The van der Waals surface area contributed by atoms with E-state index in [0.29, 0.717) is 49.2 Å². The van der Waals surface area contributed by atoms with Crippen LogP contribution >= 0.6 is 0 Å². The number of unbranched alkanes of at least 4 members (excludes halogenated alkanes) is 2. The number of methoxy groups -OCH3 is 2. The van der Waals surface area contributed by atoms with Gasteiger partial charge in [-0.15, -0.1) is 0 Å². The molecule has 1 fully saturated rings. The second-order valence-corrected chi connectivity index (χ2v) is 10.3. The lowest BCUT2D eigenvalue weighted by molar-refractivity contribution is 0.0636. The van der Waals surface area contributed by atoms with E-state index in [0.717, 1.165) is 36.9 Å². The van der Waals surface area contributed by atoms with Crippen LogP contribution in [0, 0.1) is 0 Å². The number of amides is 3. The number of anilines is 2. The highest BCUT2D eigenvalue weighted by Gasteiger charge is 2.28. The molecule has 0 spiro atoms. The molecule has 208 valence electrons. The van der Waals surface area contributed by atoms with Crippen LogP contribution in [0.5, 0.6) is 17.2 Å². The van der Waals surface area contributed by atoms with Crippen LogP contribution < -0.4 is 24.4 Å². The third-order valence-electron chi connectivity index (χ3n) is 6.07. The zero-order chi connectivity index (χ0) is 27.7. The summed E-state index contributed by atoms with van der Waals surface area (Å²) in [6.45, 7) is 9.81. The minimum atomic E-state index is -0.597. The van der Waals surface area contributed by atoms with E-state index in [-0.39, 0.29) is 6.03 Å². The number of carbonyl (C=O) groups is 2. The number of hydrogen-bond acceptors (Lipinski definition) is 6. The minimum Gasteiger partial charge on any atom is -0.496 e. The predicted octanol–water partition coefficient (Wildman–Crippen LogP) is 6.45. The summed E-state index contributed by atoms with van der Waals surface area (Å²) in [5, 5.41) is 2.73. The first kappa shape index (κ1) is 28.9. The van der Waals surface area contributed by atoms with Gasteiger partial charge in [-0.2, -0.15) is 0 Å². The Bertz CT molecular complexity index is 1100. The molecule has 0 atom stereocenters. The second-order valence-electron chi connectivity index (χ2n) is 10.3. The van der Waals surface area contributed by atoms with Crippen LogP contribution in [-0.4, -0.2) is 56.5 Å². The molecule has 1 N–H and O–H groups in total. The molecule has 0 unspecified atom stereocenters. The van der Waals surface area contributed by atoms with Crippen LogP contribution in [0.25, 0.3) is 0 Å². The van der Waals surface area contributed by atoms with E-state index in [2.05, 4.69) is 12.2 Å². The molecule has 1 saturated heterocycles. The third kappa shape index (κ3) is 7.94. The van der Waals surface area contributed by atoms with Crippen LogP contribution in [-0.2, 0) is 11.3 Å². The number of carbonyl (C=O) groups excluding carboxylic acids is 2. The smallest absolute Gasteiger partial charge is 0.412 e. The van der Waals surface area contributed by atoms with Crippen molar-refractivity contribution in [2.45, 2.75) is 65.5 Å². The SMILES string of the molecule is CCCCCOc1cc(N2CCCN(Cc3ccc(NC(=O)OC(C)(C)C)cc3OC)C2=O)ccc1OC. The van der Waals surface area contributed by atoms with Gasteiger partial charge in [-0.25, -0.2) is 9.59 Å². The molecule has 1 heterocycles. The van der Waals surface area contributed by atoms with Gasteiger partial charge in [0.15, 0.2) is 11.5 Å². The quantitative estimate of drug-likeness (QED) is 0.338. The first-order chi connectivity index (χ1) is 18.1. The van der Waals surface area contributed by atoms with E-state index in [1.165, 1.54) is 0 Å². The van der Waals surface area contributed by atoms with Gasteiger partial charge in [0, 0.05) is 42.2 Å². The van der Waals surface area contributed by atoms with E-state index >= 15 is 0 Å². The molecule has 0 saturated carbocycles. The number of urea groups is 1. The summed E-state index contributed by atoms with van der Waals surface area (Å²) in [5.41, 5.74) is 1.57. The van der Waals surface area contributed by atoms with Crippen molar-refractivity contribution < 1.29 is 28.5 Å². The zero-order valence-corrected chi connectivity index (χ0v) is 23.5. The van der Waals surface area contributed by atoms with Gasteiger partial charge in [0.2, 0.25) is 0 Å². The van der Waals surface area contributed by atoms with Gasteiger partial charge in [0.05, 0.1) is 27.4 Å². The van der Waals surface area contributed by atoms with Crippen molar-refractivity contribution >= 4 is 23.5 Å². The Kier molecular flexibility index (Phi) is 10.1. The highest BCUT2D eigenvalue weighted by Crippen LogP contribution is 2.34. The van der Waals surface area contributed by atoms with Crippen LogP contribution in [0.2, 0.25) is 0 Å². The zero-order valence-electron chi connectivity index (χ0n) is 23.5. The van der Waals surface area contributed by atoms with Gasteiger partial charge in [-0.3, -0.25) is 10.2 Å². The molecule has 9 nitrogen and oxygen atoms in total. The third-order valence-corrected chi connectivity index (χ3v) is 6.07. The van der Waals surface area contributed by atoms with Crippen molar-refractivity contribution in [3.63, 3.8) is 0 Å². The van der Waals surface area contributed by atoms with E-state index in [1.807, 2.05) is 45.0 Å². The lowest BCUT2D eigenvalue weighted by Gasteiger charge is -2.36. The first-order valence-electron chi connectivity index (χ1n) is 13.2. The lowest BCUT2D eigenvalue weighted by Crippen LogP contribution is -2.49. The molecule has 9 heteroatoms. The summed E-state index contributed by atoms with van der Waals surface area (Å²) in [7, 11) is 3.18. The van der Waals surface area contributed by atoms with Gasteiger partial charge in [-0.05, 0) is 51.8 Å². The lowest BCUT2D eigenvalue weighted by atomic mass is 10.1. The largest absolute Gasteiger partial charge is 0.496 e. The Hall–Kier alpha value is -3.62. The number of hydrogen-bond donors (Lipinski definition) is 1. The van der Waals surface area contributed by atoms with E-state index < -0.39 is 11.7 Å². The summed E-state index contributed by atoms with van der Waals surface area (Å²) in [4.78, 5) is 29.2. The highest BCUT2D eigenvalue weighted by atomic mass is 16.6. The van der Waals surface area contributed by atoms with E-state index in [4.69, 9.17) is 18.9 Å². The first-order valence-corrected chi connectivity index (χ1v) is 13.2. The highest BCUT2D eigenvalue weighted by molar-refractivity contribution is 5.93. The van der Waals surface area contributed by atoms with Crippen molar-refractivity contribution in [3.05, 3.63) is 42.0 Å². The topological polar surface area (TPSA) is 89.6 Å². The maximum Gasteiger partial charge on any atom is 0.412 e. The molecule has 1 aliphatic heterocycles. The number of nitrogens with zero attached hydrogens (tertiary/aromatic N) is 2. The van der Waals surface area contributed by atoms with Crippen molar-refractivity contribution in [2.75, 3.05) is 44.1 Å². The maximum atomic E-state index is 13.5. The fourth-order valence-corrected chi connectivity index (χ4v) is 4.23. The maximum absolute atomic E-state index is 13.5. The Morgan fingerprint density at radius 2 is 1.74 bits per heavy atom. The number of benzene rings is 2. The molecule has 2 aromatic carbocycles. The molecule has 38 heavy (non-hydrogen) atoms. The summed E-state index contributed by atoms with van der Waals surface area (Å²) in [5.74, 6) is 1.87. The normalized spacial score (nSPS) is 13.8. The molecule has 0 bridgehead atoms. The molecular weight excluding hydrogens is 486 g/mol. The molecule has 3 amide bonds. The predicted molar refractivity (Wildman–Crippen MR) is 149 cm³/mol. The van der Waals surface area contributed by atoms with Crippen LogP contribution in [0.15, 0.2) is 36.4 Å². The van der Waals surface area contributed by atoms with E-state index in [9.17, 15) is 9.59 Å². The monoisotopic (exact) mass is 527 g/mol. The molecular formula is C29H41N3O6. The molecule has 1 aliphatic rings. The standard InChI is InChI=1S/C29H41N3O6/c1-7-8-9-17-37-26-19-23(13-14-24(26)35-5)32-16-10-15-31(28(32)34)20-21-11-12-22(18-25(21)36-6)30-27(33)38-29(2,3)4/h11-14,18-19H,7-10,15-17,20H2,1-6H3,(H,30,33). The number of ether oxygens (including phenoxy) is 4. The van der Waals surface area contributed by atoms with Crippen molar-refractivity contribution in [2.24, 2.45) is 0 Å². The molecule has 0 aliphatic carbocycles. The molecule has 3 rings (SSSR count). The van der Waals surface area contributed by atoms with Gasteiger partial charge >= 0.3 is 12.1 Å². The van der Waals surface area contributed by atoms with Crippen LogP contribution in [0.4, 0.5) is 21.0 Å². The van der Waals surface area contributed by atoms with Gasteiger partial charge < -0.3 is 23.8 Å².